The van der Waals surface area contributed by atoms with Crippen LogP contribution >= 0.6 is 0 Å². The van der Waals surface area contributed by atoms with Gasteiger partial charge in [0.2, 0.25) is 5.91 Å². The van der Waals surface area contributed by atoms with Crippen LogP contribution < -0.4 is 10.6 Å². The molecular weight excluding hydrogens is 436 g/mol. The van der Waals surface area contributed by atoms with Gasteiger partial charge in [0.25, 0.3) is 5.91 Å². The normalized spacial score (nSPS) is 20.6. The van der Waals surface area contributed by atoms with E-state index in [1.807, 2.05) is 6.07 Å². The topological polar surface area (TPSA) is 123 Å². The summed E-state index contributed by atoms with van der Waals surface area (Å²) in [4.78, 5) is 38.4. The first-order chi connectivity index (χ1) is 16.3. The third-order valence-corrected chi connectivity index (χ3v) is 6.22. The molecule has 176 valence electrons. The Hall–Kier alpha value is -3.98. The van der Waals surface area contributed by atoms with Crippen LogP contribution in [0.3, 0.4) is 0 Å². The van der Waals surface area contributed by atoms with Crippen LogP contribution in [0.4, 0.5) is 0 Å². The second-order valence-electron chi connectivity index (χ2n) is 8.42. The molecule has 0 radical (unpaired) electrons. The van der Waals surface area contributed by atoms with Gasteiger partial charge in [-0.05, 0) is 61.9 Å². The van der Waals surface area contributed by atoms with Crippen molar-refractivity contribution in [2.24, 2.45) is 0 Å². The number of benzene rings is 2. The fourth-order valence-electron chi connectivity index (χ4n) is 3.81. The van der Waals surface area contributed by atoms with Crippen LogP contribution in [0.1, 0.15) is 35.7 Å². The molecule has 0 aliphatic carbocycles. The molecule has 3 unspecified atom stereocenters. The SMILES string of the molecule is CC1OCC(=O)C1(C)NC(=O)C(CNC(=O)c1ccc(-n2cccn2)cc1)c1ccc(O)cc1. The molecule has 4 rings (SSSR count). The molecule has 0 saturated carbocycles. The molecule has 9 heteroatoms. The molecule has 3 atom stereocenters. The first-order valence-corrected chi connectivity index (χ1v) is 10.9. The minimum Gasteiger partial charge on any atom is -0.508 e. The molecule has 9 nitrogen and oxygen atoms in total. The molecule has 2 amide bonds. The number of rotatable bonds is 7. The predicted molar refractivity (Wildman–Crippen MR) is 124 cm³/mol. The van der Waals surface area contributed by atoms with Gasteiger partial charge in [0.1, 0.15) is 17.9 Å². The zero-order valence-corrected chi connectivity index (χ0v) is 18.9. The molecule has 34 heavy (non-hydrogen) atoms. The quantitative estimate of drug-likeness (QED) is 0.493. The van der Waals surface area contributed by atoms with Crippen LogP contribution in [0.5, 0.6) is 5.75 Å². The second kappa shape index (κ2) is 9.48. The summed E-state index contributed by atoms with van der Waals surface area (Å²) in [5.41, 5.74) is 0.681. The lowest BCUT2D eigenvalue weighted by Gasteiger charge is -2.29. The Morgan fingerprint density at radius 1 is 1.21 bits per heavy atom. The van der Waals surface area contributed by atoms with Crippen molar-refractivity contribution >= 4 is 17.6 Å². The van der Waals surface area contributed by atoms with E-state index in [9.17, 15) is 19.5 Å². The summed E-state index contributed by atoms with van der Waals surface area (Å²) < 4.78 is 7.08. The molecule has 1 aliphatic heterocycles. The summed E-state index contributed by atoms with van der Waals surface area (Å²) in [5.74, 6) is -1.70. The number of carbonyl (C=O) groups is 3. The van der Waals surface area contributed by atoms with Crippen molar-refractivity contribution in [2.45, 2.75) is 31.4 Å². The standard InChI is InChI=1S/C25H26N4O5/c1-16-25(2,22(31)15-34-16)28-24(33)21(17-6-10-20(30)11-7-17)14-26-23(32)18-4-8-19(9-5-18)29-13-3-12-27-29/h3-13,16,21,30H,14-15H2,1-2H3,(H,26,32)(H,28,33). The number of hydrogen-bond acceptors (Lipinski definition) is 6. The average molecular weight is 463 g/mol. The lowest BCUT2D eigenvalue weighted by atomic mass is 9.90. The Morgan fingerprint density at radius 3 is 2.50 bits per heavy atom. The van der Waals surface area contributed by atoms with Gasteiger partial charge in [0, 0.05) is 24.5 Å². The predicted octanol–water partition coefficient (Wildman–Crippen LogP) is 1.95. The van der Waals surface area contributed by atoms with Crippen molar-refractivity contribution in [1.82, 2.24) is 20.4 Å². The maximum Gasteiger partial charge on any atom is 0.251 e. The van der Waals surface area contributed by atoms with Gasteiger partial charge < -0.3 is 20.5 Å². The number of phenols is 1. The van der Waals surface area contributed by atoms with Gasteiger partial charge in [-0.2, -0.15) is 5.10 Å². The van der Waals surface area contributed by atoms with Crippen molar-refractivity contribution in [2.75, 3.05) is 13.2 Å². The number of amides is 2. The first kappa shape index (κ1) is 23.2. The number of carbonyl (C=O) groups excluding carboxylic acids is 3. The maximum absolute atomic E-state index is 13.3. The van der Waals surface area contributed by atoms with Crippen LogP contribution in [0.2, 0.25) is 0 Å². The summed E-state index contributed by atoms with van der Waals surface area (Å²) >= 11 is 0. The highest BCUT2D eigenvalue weighted by molar-refractivity contribution is 5.98. The maximum atomic E-state index is 13.3. The number of nitrogens with one attached hydrogen (secondary N) is 2. The zero-order chi connectivity index (χ0) is 24.3. The molecule has 3 N–H and O–H groups in total. The molecular formula is C25H26N4O5. The molecule has 2 aromatic carbocycles. The van der Waals surface area contributed by atoms with Crippen molar-refractivity contribution in [3.8, 4) is 11.4 Å². The molecule has 1 aliphatic rings. The van der Waals surface area contributed by atoms with E-state index in [4.69, 9.17) is 4.74 Å². The Morgan fingerprint density at radius 2 is 1.91 bits per heavy atom. The van der Waals surface area contributed by atoms with E-state index in [0.717, 1.165) is 5.69 Å². The summed E-state index contributed by atoms with van der Waals surface area (Å²) in [7, 11) is 0. The van der Waals surface area contributed by atoms with E-state index in [1.54, 1.807) is 67.3 Å². The average Bonchev–Trinajstić information content (AvgIpc) is 3.45. The number of Topliss-reactive ketones (excluding diaryl/α,β-unsaturated/α-hetero) is 1. The molecule has 1 aromatic heterocycles. The lowest BCUT2D eigenvalue weighted by Crippen LogP contribution is -2.57. The number of hydrogen-bond donors (Lipinski definition) is 3. The lowest BCUT2D eigenvalue weighted by molar-refractivity contribution is -0.130. The van der Waals surface area contributed by atoms with E-state index >= 15 is 0 Å². The third kappa shape index (κ3) is 4.69. The van der Waals surface area contributed by atoms with Crippen LogP contribution in [-0.2, 0) is 14.3 Å². The second-order valence-corrected chi connectivity index (χ2v) is 8.42. The first-order valence-electron chi connectivity index (χ1n) is 10.9. The minimum atomic E-state index is -1.15. The van der Waals surface area contributed by atoms with Crippen LogP contribution in [0, 0.1) is 0 Å². The number of aromatic hydroxyl groups is 1. The molecule has 3 aromatic rings. The van der Waals surface area contributed by atoms with Crippen LogP contribution in [0.15, 0.2) is 67.0 Å². The van der Waals surface area contributed by atoms with Crippen molar-refractivity contribution < 1.29 is 24.2 Å². The molecule has 2 heterocycles. The van der Waals surface area contributed by atoms with Gasteiger partial charge in [0.15, 0.2) is 5.78 Å². The van der Waals surface area contributed by atoms with Crippen molar-refractivity contribution in [1.29, 1.82) is 0 Å². The van der Waals surface area contributed by atoms with Gasteiger partial charge >= 0.3 is 0 Å². The van der Waals surface area contributed by atoms with E-state index in [0.29, 0.717) is 11.1 Å². The monoisotopic (exact) mass is 462 g/mol. The Bertz CT molecular complexity index is 1180. The molecule has 1 fully saturated rings. The van der Waals surface area contributed by atoms with E-state index in [1.165, 1.54) is 12.1 Å². The van der Waals surface area contributed by atoms with Gasteiger partial charge in [-0.15, -0.1) is 0 Å². The smallest absolute Gasteiger partial charge is 0.251 e. The number of aromatic nitrogens is 2. The zero-order valence-electron chi connectivity index (χ0n) is 18.9. The third-order valence-electron chi connectivity index (χ3n) is 6.22. The highest BCUT2D eigenvalue weighted by Crippen LogP contribution is 2.25. The van der Waals surface area contributed by atoms with E-state index in [-0.39, 0.29) is 30.6 Å². The van der Waals surface area contributed by atoms with Crippen molar-refractivity contribution in [3.63, 3.8) is 0 Å². The fraction of sp³-hybridized carbons (Fsp3) is 0.280. The largest absolute Gasteiger partial charge is 0.508 e. The van der Waals surface area contributed by atoms with Crippen molar-refractivity contribution in [3.05, 3.63) is 78.1 Å². The van der Waals surface area contributed by atoms with Gasteiger partial charge in [-0.25, -0.2) is 4.68 Å². The molecule has 0 spiro atoms. The van der Waals surface area contributed by atoms with E-state index < -0.39 is 23.5 Å². The number of phenolic OH excluding ortho intramolecular Hbond substituents is 1. The Balaban J connectivity index is 1.49. The van der Waals surface area contributed by atoms with E-state index in [2.05, 4.69) is 15.7 Å². The highest BCUT2D eigenvalue weighted by Gasteiger charge is 2.47. The Labute approximate surface area is 196 Å². The fourth-order valence-corrected chi connectivity index (χ4v) is 3.81. The highest BCUT2D eigenvalue weighted by atomic mass is 16.5. The van der Waals surface area contributed by atoms with Crippen LogP contribution in [-0.4, -0.2) is 57.3 Å². The number of ether oxygens (including phenoxy) is 1. The van der Waals surface area contributed by atoms with Gasteiger partial charge in [0.05, 0.1) is 17.7 Å². The number of nitrogens with zero attached hydrogens (tertiary/aromatic N) is 2. The minimum absolute atomic E-state index is 0.00411. The molecule has 1 saturated heterocycles. The summed E-state index contributed by atoms with van der Waals surface area (Å²) in [6, 6.07) is 14.9. The van der Waals surface area contributed by atoms with Gasteiger partial charge in [-0.3, -0.25) is 14.4 Å². The Kier molecular flexibility index (Phi) is 6.47. The summed E-state index contributed by atoms with van der Waals surface area (Å²) in [6.45, 7) is 3.30. The summed E-state index contributed by atoms with van der Waals surface area (Å²) in [5, 5.41) is 19.4. The number of ketones is 1. The van der Waals surface area contributed by atoms with Crippen LogP contribution in [0.25, 0.3) is 5.69 Å². The summed E-state index contributed by atoms with van der Waals surface area (Å²) in [6.07, 6.45) is 2.99. The van der Waals surface area contributed by atoms with Gasteiger partial charge in [-0.1, -0.05) is 12.1 Å². The molecule has 0 bridgehead atoms.